The monoisotopic (exact) mass is 409 g/mol. The van der Waals surface area contributed by atoms with Crippen molar-refractivity contribution in [1.29, 1.82) is 0 Å². The molecule has 0 fully saturated rings. The summed E-state index contributed by atoms with van der Waals surface area (Å²) in [5.74, 6) is -1.67. The minimum Gasteiger partial charge on any atom is -0.508 e. The molecule has 3 aromatic rings. The molecule has 29 heavy (non-hydrogen) atoms. The van der Waals surface area contributed by atoms with E-state index in [1.807, 2.05) is 0 Å². The minimum atomic E-state index is -4.82. The van der Waals surface area contributed by atoms with Crippen molar-refractivity contribution in [3.05, 3.63) is 57.9 Å². The topological polar surface area (TPSA) is 109 Å². The SMILES string of the molecule is Cc1c(CC(=O)Nc2ccc(OC(F)(F)F)cc2)c(=O)oc2cc(O)cc(O)c12. The molecule has 0 atom stereocenters. The average Bonchev–Trinajstić information content (AvgIpc) is 2.58. The number of ether oxygens (including phenoxy) is 1. The predicted molar refractivity (Wildman–Crippen MR) is 96.0 cm³/mol. The number of alkyl halides is 3. The molecule has 0 saturated heterocycles. The molecule has 3 rings (SSSR count). The first-order chi connectivity index (χ1) is 13.5. The Balaban J connectivity index is 1.80. The van der Waals surface area contributed by atoms with Crippen molar-refractivity contribution in [3.8, 4) is 17.2 Å². The number of carbonyl (C=O) groups excluding carboxylic acids is 1. The number of rotatable bonds is 4. The van der Waals surface area contributed by atoms with Crippen LogP contribution in [0.1, 0.15) is 11.1 Å². The number of aromatic hydroxyl groups is 2. The van der Waals surface area contributed by atoms with Crippen LogP contribution in [0.25, 0.3) is 11.0 Å². The molecule has 1 heterocycles. The molecule has 0 unspecified atom stereocenters. The quantitative estimate of drug-likeness (QED) is 0.569. The molecule has 0 radical (unpaired) electrons. The van der Waals surface area contributed by atoms with Crippen LogP contribution >= 0.6 is 0 Å². The van der Waals surface area contributed by atoms with Crippen molar-refractivity contribution in [3.63, 3.8) is 0 Å². The molecule has 0 aliphatic rings. The summed E-state index contributed by atoms with van der Waals surface area (Å²) in [6.45, 7) is 1.52. The molecule has 0 saturated carbocycles. The molecule has 10 heteroatoms. The van der Waals surface area contributed by atoms with Crippen LogP contribution in [-0.4, -0.2) is 22.5 Å². The first-order valence-corrected chi connectivity index (χ1v) is 8.17. The van der Waals surface area contributed by atoms with Crippen molar-refractivity contribution < 1.29 is 37.3 Å². The summed E-state index contributed by atoms with van der Waals surface area (Å²) < 4.78 is 45.3. The van der Waals surface area contributed by atoms with Crippen molar-refractivity contribution in [2.24, 2.45) is 0 Å². The zero-order chi connectivity index (χ0) is 21.3. The normalized spacial score (nSPS) is 11.4. The number of aryl methyl sites for hydroxylation is 1. The lowest BCUT2D eigenvalue weighted by Gasteiger charge is -2.11. The Kier molecular flexibility index (Phi) is 5.10. The van der Waals surface area contributed by atoms with E-state index in [1.165, 1.54) is 19.1 Å². The van der Waals surface area contributed by atoms with Gasteiger partial charge < -0.3 is 24.7 Å². The smallest absolute Gasteiger partial charge is 0.508 e. The van der Waals surface area contributed by atoms with Gasteiger partial charge in [0.2, 0.25) is 5.91 Å². The van der Waals surface area contributed by atoms with E-state index in [2.05, 4.69) is 10.1 Å². The van der Waals surface area contributed by atoms with E-state index in [4.69, 9.17) is 4.42 Å². The van der Waals surface area contributed by atoms with Crippen molar-refractivity contribution >= 4 is 22.6 Å². The molecule has 0 bridgehead atoms. The second kappa shape index (κ2) is 7.38. The first kappa shape index (κ1) is 20.1. The van der Waals surface area contributed by atoms with Crippen LogP contribution in [-0.2, 0) is 11.2 Å². The Bertz CT molecular complexity index is 1140. The molecule has 0 spiro atoms. The van der Waals surface area contributed by atoms with E-state index >= 15 is 0 Å². The molecule has 0 aliphatic carbocycles. The number of hydrogen-bond acceptors (Lipinski definition) is 6. The Morgan fingerprint density at radius 3 is 2.45 bits per heavy atom. The van der Waals surface area contributed by atoms with E-state index in [0.717, 1.165) is 24.3 Å². The molecule has 152 valence electrons. The lowest BCUT2D eigenvalue weighted by molar-refractivity contribution is -0.274. The highest BCUT2D eigenvalue weighted by Gasteiger charge is 2.31. The maximum absolute atomic E-state index is 12.3. The number of hydrogen-bond donors (Lipinski definition) is 3. The van der Waals surface area contributed by atoms with Gasteiger partial charge in [-0.05, 0) is 36.8 Å². The average molecular weight is 409 g/mol. The van der Waals surface area contributed by atoms with E-state index in [9.17, 15) is 33.0 Å². The molecular formula is C19H14F3NO6. The highest BCUT2D eigenvalue weighted by molar-refractivity contribution is 5.94. The Morgan fingerprint density at radius 1 is 1.17 bits per heavy atom. The number of phenolic OH excluding ortho intramolecular Hbond substituents is 2. The van der Waals surface area contributed by atoms with Gasteiger partial charge in [0.15, 0.2) is 0 Å². The number of benzene rings is 2. The molecule has 0 aliphatic heterocycles. The second-order valence-corrected chi connectivity index (χ2v) is 6.13. The summed E-state index contributed by atoms with van der Waals surface area (Å²) in [4.78, 5) is 24.5. The van der Waals surface area contributed by atoms with Crippen LogP contribution in [0.4, 0.5) is 18.9 Å². The number of amides is 1. The largest absolute Gasteiger partial charge is 0.573 e. The standard InChI is InChI=1S/C19H14F3NO6/c1-9-13(18(27)28-15-7-11(24)6-14(25)17(9)15)8-16(26)23-10-2-4-12(5-3-10)29-19(20,21)22/h2-7,24-25H,8H2,1H3,(H,23,26). The highest BCUT2D eigenvalue weighted by atomic mass is 19.4. The Hall–Kier alpha value is -3.69. The first-order valence-electron chi connectivity index (χ1n) is 8.17. The molecule has 1 amide bonds. The molecule has 2 aromatic carbocycles. The number of halogens is 3. The lowest BCUT2D eigenvalue weighted by atomic mass is 10.0. The number of fused-ring (bicyclic) bond motifs is 1. The molecule has 3 N–H and O–H groups in total. The zero-order valence-corrected chi connectivity index (χ0v) is 14.8. The highest BCUT2D eigenvalue weighted by Crippen LogP contribution is 2.32. The summed E-state index contributed by atoms with van der Waals surface area (Å²) in [5.41, 5.74) is -0.357. The zero-order valence-electron chi connectivity index (χ0n) is 14.8. The third kappa shape index (κ3) is 4.60. The van der Waals surface area contributed by atoms with Gasteiger partial charge in [0.25, 0.3) is 0 Å². The van der Waals surface area contributed by atoms with Crippen LogP contribution in [0.5, 0.6) is 17.2 Å². The van der Waals surface area contributed by atoms with E-state index in [1.54, 1.807) is 0 Å². The molecule has 1 aromatic heterocycles. The fourth-order valence-electron chi connectivity index (χ4n) is 2.82. The third-order valence-electron chi connectivity index (χ3n) is 4.05. The van der Waals surface area contributed by atoms with E-state index < -0.39 is 30.1 Å². The van der Waals surface area contributed by atoms with Gasteiger partial charge in [-0.3, -0.25) is 4.79 Å². The van der Waals surface area contributed by atoms with Crippen LogP contribution in [0.2, 0.25) is 0 Å². The van der Waals surface area contributed by atoms with Gasteiger partial charge in [0.05, 0.1) is 17.4 Å². The summed E-state index contributed by atoms with van der Waals surface area (Å²) in [6.07, 6.45) is -5.22. The number of phenols is 2. The Morgan fingerprint density at radius 2 is 1.83 bits per heavy atom. The van der Waals surface area contributed by atoms with Crippen molar-refractivity contribution in [2.45, 2.75) is 19.7 Å². The van der Waals surface area contributed by atoms with Gasteiger partial charge >= 0.3 is 12.0 Å². The van der Waals surface area contributed by atoms with Crippen LogP contribution < -0.4 is 15.7 Å². The van der Waals surface area contributed by atoms with Gasteiger partial charge in [0.1, 0.15) is 22.8 Å². The summed E-state index contributed by atoms with van der Waals surface area (Å²) >= 11 is 0. The van der Waals surface area contributed by atoms with E-state index in [-0.39, 0.29) is 33.7 Å². The fraction of sp³-hybridized carbons (Fsp3) is 0.158. The molecular weight excluding hydrogens is 395 g/mol. The van der Waals surface area contributed by atoms with Gasteiger partial charge in [-0.15, -0.1) is 13.2 Å². The fourth-order valence-corrected chi connectivity index (χ4v) is 2.82. The summed E-state index contributed by atoms with van der Waals surface area (Å²) in [5, 5.41) is 22.1. The maximum Gasteiger partial charge on any atom is 0.573 e. The molecule has 7 nitrogen and oxygen atoms in total. The van der Waals surface area contributed by atoms with Crippen molar-refractivity contribution in [1.82, 2.24) is 0 Å². The van der Waals surface area contributed by atoms with Gasteiger partial charge in [-0.2, -0.15) is 0 Å². The van der Waals surface area contributed by atoms with Gasteiger partial charge in [-0.25, -0.2) is 4.79 Å². The van der Waals surface area contributed by atoms with Crippen molar-refractivity contribution in [2.75, 3.05) is 5.32 Å². The Labute approximate surface area is 161 Å². The second-order valence-electron chi connectivity index (χ2n) is 6.13. The number of anilines is 1. The van der Waals surface area contributed by atoms with Gasteiger partial charge in [0, 0.05) is 17.8 Å². The number of carbonyl (C=O) groups is 1. The van der Waals surface area contributed by atoms with E-state index in [0.29, 0.717) is 5.56 Å². The maximum atomic E-state index is 12.3. The van der Waals surface area contributed by atoms with Crippen LogP contribution in [0, 0.1) is 6.92 Å². The van der Waals surface area contributed by atoms with Crippen LogP contribution in [0.3, 0.4) is 0 Å². The summed E-state index contributed by atoms with van der Waals surface area (Å²) in [6, 6.07) is 6.72. The lowest BCUT2D eigenvalue weighted by Crippen LogP contribution is -2.20. The van der Waals surface area contributed by atoms with Gasteiger partial charge in [-0.1, -0.05) is 0 Å². The predicted octanol–water partition coefficient (Wildman–Crippen LogP) is 3.59. The van der Waals surface area contributed by atoms with Crippen LogP contribution in [0.15, 0.2) is 45.6 Å². The minimum absolute atomic E-state index is 0.00647. The third-order valence-corrected chi connectivity index (χ3v) is 4.05. The number of nitrogens with one attached hydrogen (secondary N) is 1. The summed E-state index contributed by atoms with van der Waals surface area (Å²) in [7, 11) is 0.